The molecule has 0 saturated carbocycles. The molecule has 1 aromatic rings. The quantitative estimate of drug-likeness (QED) is 0.586. The average Bonchev–Trinajstić information content (AvgIpc) is 2.34. The summed E-state index contributed by atoms with van der Waals surface area (Å²) >= 11 is 0. The van der Waals surface area contributed by atoms with Crippen LogP contribution in [-0.4, -0.2) is 20.5 Å². The van der Waals surface area contributed by atoms with Gasteiger partial charge in [-0.2, -0.15) is 0 Å². The van der Waals surface area contributed by atoms with Crippen LogP contribution in [0.5, 0.6) is 0 Å². The lowest BCUT2D eigenvalue weighted by Crippen LogP contribution is -2.09. The molecule has 0 fully saturated rings. The number of Topliss-reactive ketones (excluding diaryl/α,β-unsaturated/α-hetero) is 1. The lowest BCUT2D eigenvalue weighted by Gasteiger charge is -1.96. The van der Waals surface area contributed by atoms with Gasteiger partial charge in [-0.15, -0.1) is 5.10 Å². The molecular formula is C7H11N3O. The Labute approximate surface area is 65.2 Å². The van der Waals surface area contributed by atoms with Gasteiger partial charge in [-0.1, -0.05) is 13.8 Å². The van der Waals surface area contributed by atoms with Crippen LogP contribution < -0.4 is 0 Å². The van der Waals surface area contributed by atoms with E-state index in [0.29, 0.717) is 5.82 Å². The van der Waals surface area contributed by atoms with Crippen LogP contribution in [0.15, 0.2) is 6.33 Å². The van der Waals surface area contributed by atoms with Crippen molar-refractivity contribution < 1.29 is 4.79 Å². The van der Waals surface area contributed by atoms with Gasteiger partial charge in [0.2, 0.25) is 11.6 Å². The Morgan fingerprint density at radius 1 is 1.64 bits per heavy atom. The van der Waals surface area contributed by atoms with Gasteiger partial charge in [0.05, 0.1) is 0 Å². The first-order valence-corrected chi connectivity index (χ1v) is 3.51. The molecule has 1 heterocycles. The first-order valence-electron chi connectivity index (χ1n) is 3.51. The number of hydrogen-bond donors (Lipinski definition) is 0. The zero-order chi connectivity index (χ0) is 8.43. The molecule has 11 heavy (non-hydrogen) atoms. The molecule has 0 bridgehead atoms. The second-order valence-electron chi connectivity index (χ2n) is 2.76. The Morgan fingerprint density at radius 2 is 2.27 bits per heavy atom. The van der Waals surface area contributed by atoms with E-state index in [1.807, 2.05) is 13.8 Å². The summed E-state index contributed by atoms with van der Waals surface area (Å²) in [5.74, 6) is 0.269. The van der Waals surface area contributed by atoms with Crippen molar-refractivity contribution in [3.05, 3.63) is 12.2 Å². The van der Waals surface area contributed by atoms with Gasteiger partial charge in [0.1, 0.15) is 6.33 Å². The van der Waals surface area contributed by atoms with Crippen LogP contribution >= 0.6 is 0 Å². The first kappa shape index (κ1) is 7.91. The van der Waals surface area contributed by atoms with Gasteiger partial charge in [-0.25, -0.2) is 4.98 Å². The fraction of sp³-hybridized carbons (Fsp3) is 0.571. The van der Waals surface area contributed by atoms with E-state index < -0.39 is 0 Å². The van der Waals surface area contributed by atoms with Crippen molar-refractivity contribution in [1.29, 1.82) is 0 Å². The fourth-order valence-corrected chi connectivity index (χ4v) is 0.710. The van der Waals surface area contributed by atoms with E-state index in [2.05, 4.69) is 10.1 Å². The van der Waals surface area contributed by atoms with Gasteiger partial charge in [-0.05, 0) is 0 Å². The highest BCUT2D eigenvalue weighted by Crippen LogP contribution is 2.01. The molecule has 0 radical (unpaired) electrons. The van der Waals surface area contributed by atoms with Crippen LogP contribution in [0.4, 0.5) is 0 Å². The van der Waals surface area contributed by atoms with Gasteiger partial charge in [0, 0.05) is 13.0 Å². The number of carbonyl (C=O) groups excluding carboxylic acids is 1. The molecule has 0 aliphatic heterocycles. The number of aromatic nitrogens is 3. The highest BCUT2D eigenvalue weighted by Gasteiger charge is 2.13. The summed E-state index contributed by atoms with van der Waals surface area (Å²) in [5.41, 5.74) is 0. The smallest absolute Gasteiger partial charge is 0.217 e. The second-order valence-corrected chi connectivity index (χ2v) is 2.76. The zero-order valence-electron chi connectivity index (χ0n) is 6.90. The highest BCUT2D eigenvalue weighted by molar-refractivity contribution is 5.93. The molecule has 0 unspecified atom stereocenters. The van der Waals surface area contributed by atoms with Crippen LogP contribution in [0.3, 0.4) is 0 Å². The summed E-state index contributed by atoms with van der Waals surface area (Å²) in [6.07, 6.45) is 1.52. The Balaban J connectivity index is 2.85. The average molecular weight is 153 g/mol. The summed E-state index contributed by atoms with van der Waals surface area (Å²) in [5, 5.41) is 3.89. The van der Waals surface area contributed by atoms with Crippen LogP contribution in [0.25, 0.3) is 0 Å². The Morgan fingerprint density at radius 3 is 2.64 bits per heavy atom. The van der Waals surface area contributed by atoms with Gasteiger partial charge >= 0.3 is 0 Å². The number of aryl methyl sites for hydroxylation is 1. The highest BCUT2D eigenvalue weighted by atomic mass is 16.1. The van der Waals surface area contributed by atoms with Crippen molar-refractivity contribution in [2.75, 3.05) is 0 Å². The molecule has 0 aliphatic rings. The summed E-state index contributed by atoms with van der Waals surface area (Å²) < 4.78 is 1.52. The number of rotatable bonds is 2. The van der Waals surface area contributed by atoms with Crippen molar-refractivity contribution in [1.82, 2.24) is 14.8 Å². The maximum atomic E-state index is 11.2. The third-order valence-corrected chi connectivity index (χ3v) is 1.34. The second kappa shape index (κ2) is 2.82. The molecule has 60 valence electrons. The molecule has 0 N–H and O–H groups in total. The minimum atomic E-state index is -0.0302. The monoisotopic (exact) mass is 153 g/mol. The van der Waals surface area contributed by atoms with Crippen LogP contribution in [0.1, 0.15) is 24.5 Å². The summed E-state index contributed by atoms with van der Waals surface area (Å²) in [6.45, 7) is 3.66. The first-order chi connectivity index (χ1) is 5.11. The lowest BCUT2D eigenvalue weighted by molar-refractivity contribution is 0.0928. The minimum Gasteiger partial charge on any atom is -0.290 e. The van der Waals surface area contributed by atoms with Gasteiger partial charge < -0.3 is 0 Å². The van der Waals surface area contributed by atoms with Crippen LogP contribution in [0.2, 0.25) is 0 Å². The molecule has 0 aliphatic carbocycles. The van der Waals surface area contributed by atoms with Crippen molar-refractivity contribution in [2.45, 2.75) is 13.8 Å². The predicted molar refractivity (Wildman–Crippen MR) is 40.2 cm³/mol. The summed E-state index contributed by atoms with van der Waals surface area (Å²) in [6, 6.07) is 0. The van der Waals surface area contributed by atoms with E-state index in [9.17, 15) is 4.79 Å². The molecular weight excluding hydrogens is 142 g/mol. The molecule has 0 saturated heterocycles. The topological polar surface area (TPSA) is 47.8 Å². The van der Waals surface area contributed by atoms with Crippen molar-refractivity contribution in [3.8, 4) is 0 Å². The predicted octanol–water partition coefficient (Wildman–Crippen LogP) is 0.654. The third kappa shape index (κ3) is 1.63. The molecule has 4 nitrogen and oxygen atoms in total. The molecule has 1 rings (SSSR count). The van der Waals surface area contributed by atoms with E-state index in [1.165, 1.54) is 11.0 Å². The number of nitrogens with zero attached hydrogens (tertiary/aromatic N) is 3. The normalized spacial score (nSPS) is 10.5. The Kier molecular flexibility index (Phi) is 2.03. The van der Waals surface area contributed by atoms with Gasteiger partial charge in [0.25, 0.3) is 0 Å². The van der Waals surface area contributed by atoms with Crippen LogP contribution in [0, 0.1) is 5.92 Å². The molecule has 0 aromatic carbocycles. The van der Waals surface area contributed by atoms with E-state index in [4.69, 9.17) is 0 Å². The standard InChI is InChI=1S/C7H11N3O/c1-5(2)6(11)7-8-4-10(3)9-7/h4-5H,1-3H3. The number of hydrogen-bond acceptors (Lipinski definition) is 3. The SMILES string of the molecule is CC(C)C(=O)c1ncn(C)n1. The zero-order valence-corrected chi connectivity index (χ0v) is 6.90. The van der Waals surface area contributed by atoms with Gasteiger partial charge in [-0.3, -0.25) is 9.48 Å². The molecule has 4 heteroatoms. The number of carbonyl (C=O) groups is 1. The van der Waals surface area contributed by atoms with E-state index in [-0.39, 0.29) is 11.7 Å². The fourth-order valence-electron chi connectivity index (χ4n) is 0.710. The van der Waals surface area contributed by atoms with E-state index in [0.717, 1.165) is 0 Å². The van der Waals surface area contributed by atoms with E-state index in [1.54, 1.807) is 7.05 Å². The lowest BCUT2D eigenvalue weighted by atomic mass is 10.1. The van der Waals surface area contributed by atoms with E-state index >= 15 is 0 Å². The van der Waals surface area contributed by atoms with Crippen molar-refractivity contribution >= 4 is 5.78 Å². The molecule has 0 spiro atoms. The van der Waals surface area contributed by atoms with Crippen molar-refractivity contribution in [3.63, 3.8) is 0 Å². The molecule has 0 amide bonds. The Bertz CT molecular complexity index is 264. The summed E-state index contributed by atoms with van der Waals surface area (Å²) in [4.78, 5) is 15.1. The summed E-state index contributed by atoms with van der Waals surface area (Å²) in [7, 11) is 1.74. The van der Waals surface area contributed by atoms with Crippen LogP contribution in [-0.2, 0) is 7.05 Å². The van der Waals surface area contributed by atoms with Gasteiger partial charge in [0.15, 0.2) is 0 Å². The Hall–Kier alpha value is -1.19. The maximum Gasteiger partial charge on any atom is 0.217 e. The number of ketones is 1. The maximum absolute atomic E-state index is 11.2. The largest absolute Gasteiger partial charge is 0.290 e. The molecule has 0 atom stereocenters. The molecule has 1 aromatic heterocycles. The third-order valence-electron chi connectivity index (χ3n) is 1.34. The minimum absolute atomic E-state index is 0.00870. The van der Waals surface area contributed by atoms with Crippen molar-refractivity contribution in [2.24, 2.45) is 13.0 Å².